The van der Waals surface area contributed by atoms with Crippen LogP contribution in [-0.2, 0) is 5.41 Å². The summed E-state index contributed by atoms with van der Waals surface area (Å²) in [4.78, 5) is 0. The summed E-state index contributed by atoms with van der Waals surface area (Å²) in [5.41, 5.74) is 2.94. The number of piperidine rings is 1. The van der Waals surface area contributed by atoms with E-state index < -0.39 is 0 Å². The zero-order chi connectivity index (χ0) is 13.2. The van der Waals surface area contributed by atoms with E-state index in [4.69, 9.17) is 0 Å². The van der Waals surface area contributed by atoms with Crippen LogP contribution in [0.1, 0.15) is 50.8 Å². The van der Waals surface area contributed by atoms with E-state index in [1.165, 1.54) is 11.1 Å². The molecule has 2 atom stereocenters. The molecule has 1 fully saturated rings. The molecule has 1 aliphatic rings. The molecular formula is C16H25NO. The van der Waals surface area contributed by atoms with Gasteiger partial charge in [-0.1, -0.05) is 45.0 Å². The van der Waals surface area contributed by atoms with Gasteiger partial charge in [0.05, 0.1) is 0 Å². The highest BCUT2D eigenvalue weighted by atomic mass is 16.3. The summed E-state index contributed by atoms with van der Waals surface area (Å²) in [5, 5.41) is 12.8. The number of aliphatic hydroxyl groups excluding tert-OH is 1. The fraction of sp³-hybridized carbons (Fsp3) is 0.625. The highest BCUT2D eigenvalue weighted by Crippen LogP contribution is 2.29. The molecule has 0 aromatic heterocycles. The average molecular weight is 247 g/mol. The second-order valence-corrected chi connectivity index (χ2v) is 6.45. The molecule has 1 aromatic rings. The van der Waals surface area contributed by atoms with E-state index in [9.17, 15) is 5.11 Å². The lowest BCUT2D eigenvalue weighted by Crippen LogP contribution is -2.33. The van der Waals surface area contributed by atoms with E-state index in [0.717, 1.165) is 19.4 Å². The van der Waals surface area contributed by atoms with Crippen LogP contribution in [-0.4, -0.2) is 18.3 Å². The first kappa shape index (κ1) is 13.6. The first-order chi connectivity index (χ1) is 8.50. The van der Waals surface area contributed by atoms with E-state index >= 15 is 0 Å². The maximum absolute atomic E-state index is 9.28. The largest absolute Gasteiger partial charge is 0.396 e. The minimum absolute atomic E-state index is 0.214. The van der Waals surface area contributed by atoms with Crippen LogP contribution in [0.5, 0.6) is 0 Å². The zero-order valence-corrected chi connectivity index (χ0v) is 11.7. The minimum atomic E-state index is 0.214. The van der Waals surface area contributed by atoms with Gasteiger partial charge in [-0.15, -0.1) is 0 Å². The van der Waals surface area contributed by atoms with Gasteiger partial charge in [0.2, 0.25) is 0 Å². The van der Waals surface area contributed by atoms with Gasteiger partial charge >= 0.3 is 0 Å². The van der Waals surface area contributed by atoms with E-state index in [-0.39, 0.29) is 5.41 Å². The second-order valence-electron chi connectivity index (χ2n) is 6.45. The SMILES string of the molecule is CC(C)(C)c1ccc(C2CC(CO)CCN2)cc1. The van der Waals surface area contributed by atoms with Crippen LogP contribution >= 0.6 is 0 Å². The monoisotopic (exact) mass is 247 g/mol. The molecule has 0 aliphatic carbocycles. The van der Waals surface area contributed by atoms with Crippen molar-refractivity contribution in [1.82, 2.24) is 5.32 Å². The summed E-state index contributed by atoms with van der Waals surface area (Å²) in [7, 11) is 0. The standard InChI is InChI=1S/C16H25NO/c1-16(2,3)14-6-4-13(5-7-14)15-10-12(11-18)8-9-17-15/h4-7,12,15,17-18H,8-11H2,1-3H3. The topological polar surface area (TPSA) is 32.3 Å². The predicted octanol–water partition coefficient (Wildman–Crippen LogP) is 3.02. The van der Waals surface area contributed by atoms with Crippen molar-refractivity contribution in [3.63, 3.8) is 0 Å². The lowest BCUT2D eigenvalue weighted by atomic mass is 9.84. The molecule has 2 nitrogen and oxygen atoms in total. The van der Waals surface area contributed by atoms with Gasteiger partial charge < -0.3 is 10.4 Å². The summed E-state index contributed by atoms with van der Waals surface area (Å²) < 4.78 is 0. The molecule has 100 valence electrons. The third-order valence-electron chi connectivity index (χ3n) is 3.95. The van der Waals surface area contributed by atoms with Gasteiger partial charge in [-0.3, -0.25) is 0 Å². The Hall–Kier alpha value is -0.860. The zero-order valence-electron chi connectivity index (χ0n) is 11.7. The Balaban J connectivity index is 2.09. The molecule has 1 aliphatic heterocycles. The van der Waals surface area contributed by atoms with Crippen molar-refractivity contribution in [3.05, 3.63) is 35.4 Å². The van der Waals surface area contributed by atoms with Crippen molar-refractivity contribution in [2.24, 2.45) is 5.92 Å². The van der Waals surface area contributed by atoms with Gasteiger partial charge in [0.1, 0.15) is 0 Å². The predicted molar refractivity (Wildman–Crippen MR) is 75.7 cm³/mol. The van der Waals surface area contributed by atoms with Gasteiger partial charge in [-0.25, -0.2) is 0 Å². The van der Waals surface area contributed by atoms with Crippen LogP contribution in [0, 0.1) is 5.92 Å². The summed E-state index contributed by atoms with van der Waals surface area (Å²) in [6, 6.07) is 9.35. The van der Waals surface area contributed by atoms with E-state index in [1.807, 2.05) is 0 Å². The molecule has 0 bridgehead atoms. The molecule has 2 unspecified atom stereocenters. The van der Waals surface area contributed by atoms with Crippen molar-refractivity contribution >= 4 is 0 Å². The summed E-state index contributed by atoms with van der Waals surface area (Å²) in [6.45, 7) is 8.04. The van der Waals surface area contributed by atoms with Crippen molar-refractivity contribution in [1.29, 1.82) is 0 Å². The van der Waals surface area contributed by atoms with Crippen LogP contribution < -0.4 is 5.32 Å². The smallest absolute Gasteiger partial charge is 0.0460 e. The quantitative estimate of drug-likeness (QED) is 0.842. The number of rotatable bonds is 2. The molecule has 2 N–H and O–H groups in total. The number of benzene rings is 1. The fourth-order valence-corrected chi connectivity index (χ4v) is 2.63. The van der Waals surface area contributed by atoms with Crippen molar-refractivity contribution in [2.45, 2.75) is 45.1 Å². The first-order valence-corrected chi connectivity index (χ1v) is 6.95. The second kappa shape index (κ2) is 5.41. The Morgan fingerprint density at radius 2 is 1.89 bits per heavy atom. The van der Waals surface area contributed by atoms with Crippen molar-refractivity contribution in [2.75, 3.05) is 13.2 Å². The Morgan fingerprint density at radius 3 is 2.44 bits per heavy atom. The molecule has 1 saturated heterocycles. The molecule has 2 rings (SSSR count). The lowest BCUT2D eigenvalue weighted by molar-refractivity contribution is 0.176. The van der Waals surface area contributed by atoms with Crippen molar-refractivity contribution < 1.29 is 5.11 Å². The Bertz CT molecular complexity index is 377. The third kappa shape index (κ3) is 3.12. The van der Waals surface area contributed by atoms with Gasteiger partial charge in [0.25, 0.3) is 0 Å². The van der Waals surface area contributed by atoms with Crippen molar-refractivity contribution in [3.8, 4) is 0 Å². The number of hydrogen-bond donors (Lipinski definition) is 2. The van der Waals surface area contributed by atoms with E-state index in [0.29, 0.717) is 18.6 Å². The molecule has 0 spiro atoms. The van der Waals surface area contributed by atoms with Gasteiger partial charge in [0.15, 0.2) is 0 Å². The Kier molecular flexibility index (Phi) is 4.08. The third-order valence-corrected chi connectivity index (χ3v) is 3.95. The van der Waals surface area contributed by atoms with Crippen LogP contribution in [0.4, 0.5) is 0 Å². The molecular weight excluding hydrogens is 222 g/mol. The van der Waals surface area contributed by atoms with Gasteiger partial charge in [-0.05, 0) is 41.8 Å². The summed E-state index contributed by atoms with van der Waals surface area (Å²) >= 11 is 0. The molecule has 2 heteroatoms. The Labute approximate surface area is 110 Å². The highest BCUT2D eigenvalue weighted by Gasteiger charge is 2.22. The maximum Gasteiger partial charge on any atom is 0.0460 e. The van der Waals surface area contributed by atoms with Crippen LogP contribution in [0.25, 0.3) is 0 Å². The maximum atomic E-state index is 9.28. The number of nitrogens with one attached hydrogen (secondary N) is 1. The first-order valence-electron chi connectivity index (χ1n) is 6.95. The fourth-order valence-electron chi connectivity index (χ4n) is 2.63. The molecule has 0 saturated carbocycles. The molecule has 1 heterocycles. The highest BCUT2D eigenvalue weighted by molar-refractivity contribution is 5.29. The average Bonchev–Trinajstić information content (AvgIpc) is 2.38. The van der Waals surface area contributed by atoms with Crippen LogP contribution in [0.15, 0.2) is 24.3 Å². The van der Waals surface area contributed by atoms with Gasteiger partial charge in [0, 0.05) is 12.6 Å². The molecule has 18 heavy (non-hydrogen) atoms. The minimum Gasteiger partial charge on any atom is -0.396 e. The summed E-state index contributed by atoms with van der Waals surface area (Å²) in [6.07, 6.45) is 2.14. The molecule has 1 aromatic carbocycles. The van der Waals surface area contributed by atoms with E-state index in [2.05, 4.69) is 50.4 Å². The van der Waals surface area contributed by atoms with Crippen LogP contribution in [0.2, 0.25) is 0 Å². The molecule has 0 radical (unpaired) electrons. The Morgan fingerprint density at radius 1 is 1.22 bits per heavy atom. The van der Waals surface area contributed by atoms with E-state index in [1.54, 1.807) is 0 Å². The van der Waals surface area contributed by atoms with Gasteiger partial charge in [-0.2, -0.15) is 0 Å². The number of hydrogen-bond acceptors (Lipinski definition) is 2. The van der Waals surface area contributed by atoms with Crippen LogP contribution in [0.3, 0.4) is 0 Å². The summed E-state index contributed by atoms with van der Waals surface area (Å²) in [5.74, 6) is 0.457. The molecule has 0 amide bonds. The normalized spacial score (nSPS) is 25.1. The number of aliphatic hydroxyl groups is 1. The lowest BCUT2D eigenvalue weighted by Gasteiger charge is -2.30.